The lowest BCUT2D eigenvalue weighted by molar-refractivity contribution is 0.247. The van der Waals surface area contributed by atoms with Gasteiger partial charge in [0.25, 0.3) is 0 Å². The van der Waals surface area contributed by atoms with Crippen molar-refractivity contribution in [2.45, 2.75) is 31.2 Å². The molecule has 0 amide bonds. The highest BCUT2D eigenvalue weighted by Gasteiger charge is 2.33. The van der Waals surface area contributed by atoms with Gasteiger partial charge in [0.1, 0.15) is 0 Å². The van der Waals surface area contributed by atoms with E-state index >= 15 is 0 Å². The van der Waals surface area contributed by atoms with E-state index in [1.807, 2.05) is 18.2 Å². The molecule has 2 rings (SSSR count). The van der Waals surface area contributed by atoms with Gasteiger partial charge >= 0.3 is 0 Å². The molecule has 0 saturated heterocycles. The highest BCUT2D eigenvalue weighted by molar-refractivity contribution is 6.36. The quantitative estimate of drug-likeness (QED) is 0.827. The first-order valence-electron chi connectivity index (χ1n) is 4.82. The van der Waals surface area contributed by atoms with Gasteiger partial charge in [-0.15, -0.1) is 0 Å². The second-order valence-corrected chi connectivity index (χ2v) is 4.91. The molecule has 1 aliphatic carbocycles. The van der Waals surface area contributed by atoms with Crippen LogP contribution in [0.5, 0.6) is 0 Å². The van der Waals surface area contributed by atoms with Crippen molar-refractivity contribution in [1.29, 1.82) is 0 Å². The van der Waals surface area contributed by atoms with E-state index < -0.39 is 0 Å². The minimum atomic E-state index is -0.0609. The molecule has 2 N–H and O–H groups in total. The molecule has 0 heterocycles. The summed E-state index contributed by atoms with van der Waals surface area (Å²) in [7, 11) is 0. The number of halogens is 2. The minimum Gasteiger partial charge on any atom is -0.325 e. The van der Waals surface area contributed by atoms with Gasteiger partial charge in [0, 0.05) is 15.6 Å². The summed E-state index contributed by atoms with van der Waals surface area (Å²) in [5.41, 5.74) is 7.09. The van der Waals surface area contributed by atoms with Gasteiger partial charge in [-0.2, -0.15) is 0 Å². The predicted molar refractivity (Wildman–Crippen MR) is 60.9 cm³/mol. The lowest BCUT2D eigenvalue weighted by atomic mass is 9.74. The first-order valence-corrected chi connectivity index (χ1v) is 5.58. The van der Waals surface area contributed by atoms with Crippen LogP contribution in [0.3, 0.4) is 0 Å². The standard InChI is InChI=1S/C11H13Cl2N/c12-9-3-1-4-10(13)8(9)7-11(14)5-2-6-11/h1,3-4H,2,5-7,14H2. The van der Waals surface area contributed by atoms with E-state index in [-0.39, 0.29) is 5.54 Å². The molecule has 1 nitrogen and oxygen atoms in total. The molecule has 0 bridgehead atoms. The third-order valence-corrected chi connectivity index (χ3v) is 3.65. The number of benzene rings is 1. The van der Waals surface area contributed by atoms with Crippen molar-refractivity contribution < 1.29 is 0 Å². The smallest absolute Gasteiger partial charge is 0.0453 e. The van der Waals surface area contributed by atoms with Crippen molar-refractivity contribution in [3.63, 3.8) is 0 Å². The molecule has 3 heteroatoms. The van der Waals surface area contributed by atoms with Crippen LogP contribution in [0.15, 0.2) is 18.2 Å². The second kappa shape index (κ2) is 3.73. The van der Waals surface area contributed by atoms with Crippen LogP contribution in [0.25, 0.3) is 0 Å². The van der Waals surface area contributed by atoms with Crippen molar-refractivity contribution in [3.8, 4) is 0 Å². The molecule has 1 aliphatic rings. The van der Waals surface area contributed by atoms with Crippen LogP contribution in [0.1, 0.15) is 24.8 Å². The zero-order chi connectivity index (χ0) is 10.2. The fourth-order valence-electron chi connectivity index (χ4n) is 1.86. The Labute approximate surface area is 94.2 Å². The van der Waals surface area contributed by atoms with Crippen molar-refractivity contribution in [3.05, 3.63) is 33.8 Å². The maximum atomic E-state index is 6.16. The van der Waals surface area contributed by atoms with Gasteiger partial charge in [0.2, 0.25) is 0 Å². The lowest BCUT2D eigenvalue weighted by Crippen LogP contribution is -2.48. The summed E-state index contributed by atoms with van der Waals surface area (Å²) in [6.07, 6.45) is 4.17. The van der Waals surface area contributed by atoms with Crippen LogP contribution in [-0.2, 0) is 6.42 Å². The first kappa shape index (κ1) is 10.3. The average molecular weight is 230 g/mol. The Balaban J connectivity index is 2.23. The van der Waals surface area contributed by atoms with Gasteiger partial charge < -0.3 is 5.73 Å². The van der Waals surface area contributed by atoms with Crippen molar-refractivity contribution in [2.75, 3.05) is 0 Å². The van der Waals surface area contributed by atoms with Crippen LogP contribution in [0.2, 0.25) is 10.0 Å². The molecule has 14 heavy (non-hydrogen) atoms. The summed E-state index contributed by atoms with van der Waals surface area (Å²) in [5.74, 6) is 0. The van der Waals surface area contributed by atoms with Gasteiger partial charge in [-0.1, -0.05) is 29.3 Å². The largest absolute Gasteiger partial charge is 0.325 e. The van der Waals surface area contributed by atoms with E-state index in [9.17, 15) is 0 Å². The monoisotopic (exact) mass is 229 g/mol. The Morgan fingerprint density at radius 3 is 2.21 bits per heavy atom. The summed E-state index contributed by atoms with van der Waals surface area (Å²) in [6.45, 7) is 0. The van der Waals surface area contributed by atoms with Crippen LogP contribution in [0, 0.1) is 0 Å². The van der Waals surface area contributed by atoms with Crippen LogP contribution < -0.4 is 5.73 Å². The topological polar surface area (TPSA) is 26.0 Å². The number of nitrogens with two attached hydrogens (primary N) is 1. The van der Waals surface area contributed by atoms with Crippen molar-refractivity contribution in [2.24, 2.45) is 5.73 Å². The molecule has 76 valence electrons. The maximum absolute atomic E-state index is 6.16. The summed E-state index contributed by atoms with van der Waals surface area (Å²) in [6, 6.07) is 5.59. The molecular weight excluding hydrogens is 217 g/mol. The Morgan fingerprint density at radius 2 is 1.79 bits per heavy atom. The zero-order valence-corrected chi connectivity index (χ0v) is 9.41. The highest BCUT2D eigenvalue weighted by atomic mass is 35.5. The van der Waals surface area contributed by atoms with Crippen LogP contribution in [-0.4, -0.2) is 5.54 Å². The molecule has 0 aliphatic heterocycles. The third-order valence-electron chi connectivity index (χ3n) is 2.94. The Kier molecular flexibility index (Phi) is 2.74. The van der Waals surface area contributed by atoms with Crippen LogP contribution >= 0.6 is 23.2 Å². The van der Waals surface area contributed by atoms with E-state index in [1.54, 1.807) is 0 Å². The maximum Gasteiger partial charge on any atom is 0.0453 e. The summed E-state index contributed by atoms with van der Waals surface area (Å²) < 4.78 is 0. The number of hydrogen-bond acceptors (Lipinski definition) is 1. The van der Waals surface area contributed by atoms with Gasteiger partial charge in [-0.05, 0) is 43.4 Å². The molecule has 1 aromatic carbocycles. The minimum absolute atomic E-state index is 0.0609. The first-order chi connectivity index (χ1) is 6.61. The molecule has 0 aromatic heterocycles. The normalized spacial score (nSPS) is 19.1. The molecule has 0 atom stereocenters. The van der Waals surface area contributed by atoms with Gasteiger partial charge in [-0.3, -0.25) is 0 Å². The SMILES string of the molecule is NC1(Cc2c(Cl)cccc2Cl)CCC1. The summed E-state index contributed by atoms with van der Waals surface area (Å²) in [4.78, 5) is 0. The van der Waals surface area contributed by atoms with Crippen molar-refractivity contribution in [1.82, 2.24) is 0 Å². The Bertz CT molecular complexity index is 325. The number of rotatable bonds is 2. The van der Waals surface area contributed by atoms with Gasteiger partial charge in [-0.25, -0.2) is 0 Å². The fourth-order valence-corrected chi connectivity index (χ4v) is 2.39. The molecule has 1 saturated carbocycles. The van der Waals surface area contributed by atoms with E-state index in [2.05, 4.69) is 0 Å². The molecule has 0 unspecified atom stereocenters. The Morgan fingerprint density at radius 1 is 1.21 bits per heavy atom. The highest BCUT2D eigenvalue weighted by Crippen LogP contribution is 2.36. The Hall–Kier alpha value is -0.240. The summed E-state index contributed by atoms with van der Waals surface area (Å²) >= 11 is 12.2. The van der Waals surface area contributed by atoms with E-state index in [0.717, 1.165) is 34.9 Å². The second-order valence-electron chi connectivity index (χ2n) is 4.09. The van der Waals surface area contributed by atoms with E-state index in [4.69, 9.17) is 28.9 Å². The third kappa shape index (κ3) is 1.90. The van der Waals surface area contributed by atoms with Crippen molar-refractivity contribution >= 4 is 23.2 Å². The number of hydrogen-bond donors (Lipinski definition) is 1. The summed E-state index contributed by atoms with van der Waals surface area (Å²) in [5, 5.41) is 1.46. The molecule has 0 spiro atoms. The predicted octanol–water partition coefficient (Wildman–Crippen LogP) is 3.42. The van der Waals surface area contributed by atoms with E-state index in [1.165, 1.54) is 6.42 Å². The lowest BCUT2D eigenvalue weighted by Gasteiger charge is -2.38. The van der Waals surface area contributed by atoms with E-state index in [0.29, 0.717) is 0 Å². The fraction of sp³-hybridized carbons (Fsp3) is 0.455. The molecule has 0 radical (unpaired) electrons. The van der Waals surface area contributed by atoms with Crippen LogP contribution in [0.4, 0.5) is 0 Å². The zero-order valence-electron chi connectivity index (χ0n) is 7.89. The molecule has 1 fully saturated rings. The van der Waals surface area contributed by atoms with Gasteiger partial charge in [0.05, 0.1) is 0 Å². The molecule has 1 aromatic rings. The molecular formula is C11H13Cl2N. The van der Waals surface area contributed by atoms with Gasteiger partial charge in [0.15, 0.2) is 0 Å². The average Bonchev–Trinajstić information content (AvgIpc) is 2.09.